The first-order valence-electron chi connectivity index (χ1n) is 8.76. The van der Waals surface area contributed by atoms with E-state index >= 15 is 0 Å². The number of carbonyl (C=O) groups excluding carboxylic acids is 1. The van der Waals surface area contributed by atoms with E-state index in [1.165, 1.54) is 18.1 Å². The number of pyridine rings is 1. The summed E-state index contributed by atoms with van der Waals surface area (Å²) < 4.78 is 11.1. The fraction of sp³-hybridized carbons (Fsp3) is 0.263. The van der Waals surface area contributed by atoms with E-state index in [2.05, 4.69) is 31.5 Å². The summed E-state index contributed by atoms with van der Waals surface area (Å²) in [6.45, 7) is 3.43. The van der Waals surface area contributed by atoms with Gasteiger partial charge >= 0.3 is 0 Å². The minimum absolute atomic E-state index is 0.244. The number of aromatic nitrogens is 4. The molecule has 4 rings (SSSR count). The summed E-state index contributed by atoms with van der Waals surface area (Å²) in [4.78, 5) is 21.0. The minimum Gasteiger partial charge on any atom is -0.493 e. The average molecular weight is 365 g/mol. The lowest BCUT2D eigenvalue weighted by molar-refractivity contribution is 0.0946. The van der Waals surface area contributed by atoms with Crippen LogP contribution in [0.15, 0.2) is 36.8 Å². The van der Waals surface area contributed by atoms with Gasteiger partial charge in [0.1, 0.15) is 23.5 Å². The predicted molar refractivity (Wildman–Crippen MR) is 97.6 cm³/mol. The van der Waals surface area contributed by atoms with Gasteiger partial charge in [0.05, 0.1) is 18.8 Å². The second-order valence-electron chi connectivity index (χ2n) is 6.06. The number of H-pyrrole nitrogens is 1. The van der Waals surface area contributed by atoms with Crippen molar-refractivity contribution in [2.45, 2.75) is 19.9 Å². The number of benzene rings is 1. The van der Waals surface area contributed by atoms with Crippen LogP contribution in [0.5, 0.6) is 11.5 Å². The quantitative estimate of drug-likeness (QED) is 0.694. The second-order valence-corrected chi connectivity index (χ2v) is 6.06. The Kier molecular flexibility index (Phi) is 4.69. The molecular weight excluding hydrogens is 346 g/mol. The van der Waals surface area contributed by atoms with Crippen LogP contribution in [-0.2, 0) is 13.0 Å². The highest BCUT2D eigenvalue weighted by atomic mass is 16.5. The van der Waals surface area contributed by atoms with Crippen LogP contribution in [-0.4, -0.2) is 39.3 Å². The number of aromatic amines is 1. The van der Waals surface area contributed by atoms with Crippen molar-refractivity contribution in [2.75, 3.05) is 13.2 Å². The third-order valence-corrected chi connectivity index (χ3v) is 4.28. The molecule has 8 heteroatoms. The van der Waals surface area contributed by atoms with Crippen LogP contribution < -0.4 is 14.8 Å². The van der Waals surface area contributed by atoms with Gasteiger partial charge in [-0.15, -0.1) is 0 Å². The Hall–Kier alpha value is -3.42. The Balaban J connectivity index is 1.50. The van der Waals surface area contributed by atoms with E-state index in [-0.39, 0.29) is 5.91 Å². The highest BCUT2D eigenvalue weighted by molar-refractivity contribution is 5.97. The molecule has 1 aromatic carbocycles. The van der Waals surface area contributed by atoms with Gasteiger partial charge < -0.3 is 14.8 Å². The molecule has 27 heavy (non-hydrogen) atoms. The summed E-state index contributed by atoms with van der Waals surface area (Å²) in [7, 11) is 0. The molecule has 2 aromatic heterocycles. The summed E-state index contributed by atoms with van der Waals surface area (Å²) in [5.41, 5.74) is 3.14. The zero-order chi connectivity index (χ0) is 18.6. The molecule has 1 aliphatic heterocycles. The first kappa shape index (κ1) is 17.0. The standard InChI is InChI=1S/C19H19N5O3/c1-2-26-17-8-15(18-22-11-23-24-18)20-10-14(17)19(25)21-9-12-3-4-16-13(7-12)5-6-27-16/h3-4,7-8,10-11H,2,5-6,9H2,1H3,(H,21,25)(H,22,23,24). The fourth-order valence-electron chi connectivity index (χ4n) is 2.97. The van der Waals surface area contributed by atoms with Crippen LogP contribution in [0.4, 0.5) is 0 Å². The van der Waals surface area contributed by atoms with E-state index in [4.69, 9.17) is 9.47 Å². The molecule has 0 unspecified atom stereocenters. The van der Waals surface area contributed by atoms with Gasteiger partial charge in [0.2, 0.25) is 0 Å². The largest absolute Gasteiger partial charge is 0.493 e. The van der Waals surface area contributed by atoms with Gasteiger partial charge in [0, 0.05) is 25.2 Å². The maximum atomic E-state index is 12.7. The van der Waals surface area contributed by atoms with Crippen LogP contribution >= 0.6 is 0 Å². The van der Waals surface area contributed by atoms with Crippen molar-refractivity contribution >= 4 is 5.91 Å². The molecule has 0 spiro atoms. The molecule has 0 atom stereocenters. The van der Waals surface area contributed by atoms with Gasteiger partial charge in [-0.05, 0) is 24.1 Å². The van der Waals surface area contributed by atoms with Crippen LogP contribution in [0.3, 0.4) is 0 Å². The molecule has 0 saturated carbocycles. The summed E-state index contributed by atoms with van der Waals surface area (Å²) in [5, 5.41) is 9.49. The smallest absolute Gasteiger partial charge is 0.256 e. The Morgan fingerprint density at radius 3 is 3.07 bits per heavy atom. The molecule has 2 N–H and O–H groups in total. The number of hydrogen-bond acceptors (Lipinski definition) is 6. The van der Waals surface area contributed by atoms with Crippen molar-refractivity contribution < 1.29 is 14.3 Å². The monoisotopic (exact) mass is 365 g/mol. The van der Waals surface area contributed by atoms with Crippen molar-refractivity contribution in [1.29, 1.82) is 0 Å². The number of amides is 1. The van der Waals surface area contributed by atoms with E-state index in [1.54, 1.807) is 6.07 Å². The van der Waals surface area contributed by atoms with E-state index in [1.807, 2.05) is 19.1 Å². The van der Waals surface area contributed by atoms with Crippen molar-refractivity contribution in [3.63, 3.8) is 0 Å². The van der Waals surface area contributed by atoms with Gasteiger partial charge in [-0.1, -0.05) is 12.1 Å². The first-order chi connectivity index (χ1) is 13.2. The maximum Gasteiger partial charge on any atom is 0.256 e. The molecule has 1 amide bonds. The predicted octanol–water partition coefficient (Wildman–Crippen LogP) is 2.13. The van der Waals surface area contributed by atoms with Crippen molar-refractivity contribution in [2.24, 2.45) is 0 Å². The summed E-state index contributed by atoms with van der Waals surface area (Å²) in [6, 6.07) is 7.66. The molecule has 0 bridgehead atoms. The maximum absolute atomic E-state index is 12.7. The number of fused-ring (bicyclic) bond motifs is 1. The lowest BCUT2D eigenvalue weighted by Crippen LogP contribution is -2.23. The third kappa shape index (κ3) is 3.59. The molecule has 3 aromatic rings. The topological polar surface area (TPSA) is 102 Å². The van der Waals surface area contributed by atoms with E-state index < -0.39 is 0 Å². The zero-order valence-electron chi connectivity index (χ0n) is 14.9. The molecule has 8 nitrogen and oxygen atoms in total. The van der Waals surface area contributed by atoms with Gasteiger partial charge in [-0.2, -0.15) is 5.10 Å². The van der Waals surface area contributed by atoms with E-state index in [0.717, 1.165) is 17.7 Å². The lowest BCUT2D eigenvalue weighted by atomic mass is 10.1. The number of carbonyl (C=O) groups is 1. The van der Waals surface area contributed by atoms with Gasteiger partial charge in [-0.3, -0.25) is 14.9 Å². The van der Waals surface area contributed by atoms with Gasteiger partial charge in [-0.25, -0.2) is 4.98 Å². The number of hydrogen-bond donors (Lipinski definition) is 2. The second kappa shape index (κ2) is 7.45. The summed E-state index contributed by atoms with van der Waals surface area (Å²) in [5.74, 6) is 1.66. The number of nitrogens with one attached hydrogen (secondary N) is 2. The van der Waals surface area contributed by atoms with E-state index in [9.17, 15) is 4.79 Å². The van der Waals surface area contributed by atoms with Crippen LogP contribution in [0.2, 0.25) is 0 Å². The highest BCUT2D eigenvalue weighted by Gasteiger charge is 2.17. The number of nitrogens with zero attached hydrogens (tertiary/aromatic N) is 3. The zero-order valence-corrected chi connectivity index (χ0v) is 14.9. The molecule has 3 heterocycles. The summed E-state index contributed by atoms with van der Waals surface area (Å²) >= 11 is 0. The minimum atomic E-state index is -0.244. The van der Waals surface area contributed by atoms with E-state index in [0.29, 0.717) is 42.6 Å². The van der Waals surface area contributed by atoms with Crippen molar-refractivity contribution in [1.82, 2.24) is 25.5 Å². The van der Waals surface area contributed by atoms with Crippen LogP contribution in [0, 0.1) is 0 Å². The molecule has 138 valence electrons. The van der Waals surface area contributed by atoms with Crippen molar-refractivity contribution in [3.8, 4) is 23.0 Å². The SMILES string of the molecule is CCOc1cc(-c2ncn[nH]2)ncc1C(=O)NCc1ccc2c(c1)CCO2. The highest BCUT2D eigenvalue weighted by Crippen LogP contribution is 2.26. The fourth-order valence-corrected chi connectivity index (χ4v) is 2.97. The van der Waals surface area contributed by atoms with Gasteiger partial charge in [0.25, 0.3) is 5.91 Å². The Morgan fingerprint density at radius 1 is 1.33 bits per heavy atom. The lowest BCUT2D eigenvalue weighted by Gasteiger charge is -2.12. The molecule has 0 aliphatic carbocycles. The summed E-state index contributed by atoms with van der Waals surface area (Å²) in [6.07, 6.45) is 3.80. The molecule has 1 aliphatic rings. The molecule has 0 saturated heterocycles. The first-order valence-corrected chi connectivity index (χ1v) is 8.76. The molecule has 0 radical (unpaired) electrons. The third-order valence-electron chi connectivity index (χ3n) is 4.28. The molecular formula is C19H19N5O3. The number of rotatable bonds is 6. The Bertz CT molecular complexity index is 956. The normalized spacial score (nSPS) is 12.3. The Labute approximate surface area is 156 Å². The Morgan fingerprint density at radius 2 is 2.26 bits per heavy atom. The number of ether oxygens (including phenoxy) is 2. The van der Waals surface area contributed by atoms with Crippen LogP contribution in [0.25, 0.3) is 11.5 Å². The van der Waals surface area contributed by atoms with Crippen LogP contribution in [0.1, 0.15) is 28.4 Å². The average Bonchev–Trinajstić information content (AvgIpc) is 3.37. The van der Waals surface area contributed by atoms with Gasteiger partial charge in [0.15, 0.2) is 5.82 Å². The van der Waals surface area contributed by atoms with Crippen molar-refractivity contribution in [3.05, 3.63) is 53.5 Å². The molecule has 0 fully saturated rings.